The zero-order chi connectivity index (χ0) is 18.3. The van der Waals surface area contributed by atoms with Gasteiger partial charge in [-0.05, 0) is 44.9 Å². The van der Waals surface area contributed by atoms with Crippen LogP contribution in [-0.2, 0) is 9.59 Å². The van der Waals surface area contributed by atoms with Crippen LogP contribution in [0.25, 0.3) is 0 Å². The lowest BCUT2D eigenvalue weighted by molar-refractivity contribution is -0.147. The van der Waals surface area contributed by atoms with E-state index in [0.29, 0.717) is 42.3 Å². The van der Waals surface area contributed by atoms with Gasteiger partial charge in [-0.1, -0.05) is 0 Å². The lowest BCUT2D eigenvalue weighted by Crippen LogP contribution is -2.61. The van der Waals surface area contributed by atoms with Gasteiger partial charge in [0.25, 0.3) is 0 Å². The summed E-state index contributed by atoms with van der Waals surface area (Å²) in [5.41, 5.74) is 0. The fourth-order valence-electron chi connectivity index (χ4n) is 5.62. The lowest BCUT2D eigenvalue weighted by atomic mass is 9.76. The maximum atomic E-state index is 12.8. The molecular formula is C20H34N4O2. The zero-order valence-corrected chi connectivity index (χ0v) is 16.4. The summed E-state index contributed by atoms with van der Waals surface area (Å²) in [6.07, 6.45) is 4.18. The van der Waals surface area contributed by atoms with E-state index in [1.165, 1.54) is 6.42 Å². The minimum atomic E-state index is 0.296. The highest BCUT2D eigenvalue weighted by Gasteiger charge is 2.44. The second-order valence-corrected chi connectivity index (χ2v) is 9.07. The summed E-state index contributed by atoms with van der Waals surface area (Å²) in [4.78, 5) is 34.1. The van der Waals surface area contributed by atoms with Crippen LogP contribution in [0.5, 0.6) is 0 Å². The third kappa shape index (κ3) is 3.63. The molecule has 146 valence electrons. The molecule has 6 heteroatoms. The Morgan fingerprint density at radius 3 is 2.62 bits per heavy atom. The molecular weight excluding hydrogens is 328 g/mol. The molecule has 2 amide bonds. The van der Waals surface area contributed by atoms with E-state index < -0.39 is 0 Å². The Bertz CT molecular complexity index is 544. The van der Waals surface area contributed by atoms with Crippen LogP contribution in [0.2, 0.25) is 0 Å². The number of rotatable bonds is 3. The fourth-order valence-corrected chi connectivity index (χ4v) is 5.62. The SMILES string of the molecule is CC(C)N1CCN(C(=O)CN2CC3CC(C2)[C@H]2CCCC(=O)N2C3)CC1. The molecule has 0 aromatic heterocycles. The first kappa shape index (κ1) is 18.2. The summed E-state index contributed by atoms with van der Waals surface area (Å²) in [6.45, 7) is 11.6. The van der Waals surface area contributed by atoms with E-state index in [4.69, 9.17) is 0 Å². The Morgan fingerprint density at radius 2 is 1.88 bits per heavy atom. The van der Waals surface area contributed by atoms with Crippen LogP contribution >= 0.6 is 0 Å². The van der Waals surface area contributed by atoms with Crippen LogP contribution in [0.4, 0.5) is 0 Å². The zero-order valence-electron chi connectivity index (χ0n) is 16.4. The largest absolute Gasteiger partial charge is 0.339 e. The number of piperidine rings is 3. The second-order valence-electron chi connectivity index (χ2n) is 9.07. The van der Waals surface area contributed by atoms with Gasteiger partial charge in [-0.3, -0.25) is 19.4 Å². The Kier molecular flexibility index (Phi) is 5.24. The molecule has 3 atom stereocenters. The lowest BCUT2D eigenvalue weighted by Gasteiger charge is -2.52. The van der Waals surface area contributed by atoms with Crippen molar-refractivity contribution in [2.24, 2.45) is 11.8 Å². The van der Waals surface area contributed by atoms with Crippen LogP contribution in [0.1, 0.15) is 39.5 Å². The molecule has 4 heterocycles. The van der Waals surface area contributed by atoms with Gasteiger partial charge < -0.3 is 9.80 Å². The number of hydrogen-bond acceptors (Lipinski definition) is 4. The van der Waals surface area contributed by atoms with Crippen LogP contribution in [0.15, 0.2) is 0 Å². The van der Waals surface area contributed by atoms with E-state index in [1.807, 2.05) is 0 Å². The van der Waals surface area contributed by atoms with Gasteiger partial charge in [0.2, 0.25) is 11.8 Å². The Balaban J connectivity index is 1.31. The number of carbonyl (C=O) groups is 2. The highest BCUT2D eigenvalue weighted by molar-refractivity contribution is 5.78. The number of amides is 2. The number of nitrogens with zero attached hydrogens (tertiary/aromatic N) is 4. The van der Waals surface area contributed by atoms with Crippen molar-refractivity contribution in [2.45, 2.75) is 51.6 Å². The first-order valence-corrected chi connectivity index (χ1v) is 10.5. The number of hydrogen-bond donors (Lipinski definition) is 0. The van der Waals surface area contributed by atoms with Gasteiger partial charge in [-0.2, -0.15) is 0 Å². The minimum absolute atomic E-state index is 0.296. The number of piperazine rings is 1. The van der Waals surface area contributed by atoms with Crippen molar-refractivity contribution in [3.05, 3.63) is 0 Å². The number of fused-ring (bicyclic) bond motifs is 4. The molecule has 0 aromatic carbocycles. The van der Waals surface area contributed by atoms with Crippen molar-refractivity contribution < 1.29 is 9.59 Å². The Labute approximate surface area is 157 Å². The molecule has 0 aromatic rings. The monoisotopic (exact) mass is 362 g/mol. The van der Waals surface area contributed by atoms with Gasteiger partial charge in [0.15, 0.2) is 0 Å². The predicted octanol–water partition coefficient (Wildman–Crippen LogP) is 0.872. The van der Waals surface area contributed by atoms with Gasteiger partial charge in [0.05, 0.1) is 6.54 Å². The molecule has 4 aliphatic rings. The van der Waals surface area contributed by atoms with Crippen molar-refractivity contribution in [1.82, 2.24) is 19.6 Å². The fraction of sp³-hybridized carbons (Fsp3) is 0.900. The summed E-state index contributed by atoms with van der Waals surface area (Å²) in [6, 6.07) is 0.995. The first-order valence-electron chi connectivity index (χ1n) is 10.5. The number of likely N-dealkylation sites (tertiary alicyclic amines) is 1. The minimum Gasteiger partial charge on any atom is -0.339 e. The van der Waals surface area contributed by atoms with Crippen molar-refractivity contribution in [2.75, 3.05) is 52.4 Å². The molecule has 4 aliphatic heterocycles. The average Bonchev–Trinajstić information content (AvgIpc) is 2.62. The molecule has 0 saturated carbocycles. The third-order valence-corrected chi connectivity index (χ3v) is 7.01. The summed E-state index contributed by atoms with van der Waals surface area (Å²) in [7, 11) is 0. The van der Waals surface area contributed by atoms with Gasteiger partial charge in [-0.15, -0.1) is 0 Å². The second kappa shape index (κ2) is 7.47. The molecule has 0 aliphatic carbocycles. The molecule has 2 unspecified atom stereocenters. The topological polar surface area (TPSA) is 47.1 Å². The average molecular weight is 363 g/mol. The van der Waals surface area contributed by atoms with E-state index in [-0.39, 0.29) is 0 Å². The highest BCUT2D eigenvalue weighted by atomic mass is 16.2. The van der Waals surface area contributed by atoms with Crippen LogP contribution in [-0.4, -0.2) is 95.9 Å². The quantitative estimate of drug-likeness (QED) is 0.748. The normalized spacial score (nSPS) is 33.5. The molecule has 0 spiro atoms. The molecule has 4 fully saturated rings. The van der Waals surface area contributed by atoms with E-state index in [0.717, 1.165) is 65.1 Å². The predicted molar refractivity (Wildman–Crippen MR) is 101 cm³/mol. The molecule has 4 rings (SSSR count). The number of carbonyl (C=O) groups excluding carboxylic acids is 2. The molecule has 26 heavy (non-hydrogen) atoms. The third-order valence-electron chi connectivity index (χ3n) is 7.01. The van der Waals surface area contributed by atoms with E-state index in [9.17, 15) is 9.59 Å². The van der Waals surface area contributed by atoms with E-state index in [1.54, 1.807) is 0 Å². The summed E-state index contributed by atoms with van der Waals surface area (Å²) < 4.78 is 0. The van der Waals surface area contributed by atoms with Crippen LogP contribution in [0, 0.1) is 11.8 Å². The molecule has 4 saturated heterocycles. The smallest absolute Gasteiger partial charge is 0.236 e. The van der Waals surface area contributed by atoms with E-state index in [2.05, 4.69) is 33.4 Å². The van der Waals surface area contributed by atoms with Gasteiger partial charge >= 0.3 is 0 Å². The first-order chi connectivity index (χ1) is 12.5. The van der Waals surface area contributed by atoms with Crippen LogP contribution in [0.3, 0.4) is 0 Å². The maximum absolute atomic E-state index is 12.8. The molecule has 0 radical (unpaired) electrons. The standard InChI is InChI=1S/C20H34N4O2/c1-15(2)22-6-8-23(9-7-22)20(26)14-21-11-16-10-17(13-21)18-4-3-5-19(25)24(18)12-16/h15-18H,3-14H2,1-2H3/t16?,17?,18-/m1/s1. The Hall–Kier alpha value is -1.14. The van der Waals surface area contributed by atoms with E-state index >= 15 is 0 Å². The summed E-state index contributed by atoms with van der Waals surface area (Å²) in [5.74, 6) is 1.78. The van der Waals surface area contributed by atoms with Crippen molar-refractivity contribution in [1.29, 1.82) is 0 Å². The Morgan fingerprint density at radius 1 is 1.12 bits per heavy atom. The van der Waals surface area contributed by atoms with Crippen molar-refractivity contribution >= 4 is 11.8 Å². The summed E-state index contributed by atoms with van der Waals surface area (Å²) in [5, 5.41) is 0. The maximum Gasteiger partial charge on any atom is 0.236 e. The highest BCUT2D eigenvalue weighted by Crippen LogP contribution is 2.37. The van der Waals surface area contributed by atoms with Gasteiger partial charge in [0, 0.05) is 64.3 Å². The van der Waals surface area contributed by atoms with Gasteiger partial charge in [-0.25, -0.2) is 0 Å². The molecule has 0 N–H and O–H groups in total. The van der Waals surface area contributed by atoms with Crippen molar-refractivity contribution in [3.8, 4) is 0 Å². The summed E-state index contributed by atoms with van der Waals surface area (Å²) >= 11 is 0. The van der Waals surface area contributed by atoms with Crippen LogP contribution < -0.4 is 0 Å². The van der Waals surface area contributed by atoms with Gasteiger partial charge in [0.1, 0.15) is 0 Å². The molecule has 2 bridgehead atoms. The van der Waals surface area contributed by atoms with Crippen molar-refractivity contribution in [3.63, 3.8) is 0 Å². The molecule has 6 nitrogen and oxygen atoms in total.